The average molecular weight is 170 g/mol. The number of hydrogen-bond acceptors (Lipinski definition) is 3. The van der Waals surface area contributed by atoms with E-state index in [-0.39, 0.29) is 0 Å². The molecule has 0 unspecified atom stereocenters. The third-order valence-electron chi connectivity index (χ3n) is 1.76. The number of carbonyl (C=O) groups excluding carboxylic acids is 1. The highest BCUT2D eigenvalue weighted by Gasteiger charge is 1.88. The van der Waals surface area contributed by atoms with Gasteiger partial charge in [0.1, 0.15) is 0 Å². The minimum Gasteiger partial charge on any atom is -0.320 e. The topological polar surface area (TPSA) is 41.5 Å². The van der Waals surface area contributed by atoms with Crippen LogP contribution in [0.15, 0.2) is 4.99 Å². The lowest BCUT2D eigenvalue weighted by molar-refractivity contribution is 0.560. The summed E-state index contributed by atoms with van der Waals surface area (Å²) in [6.45, 7) is 1.75. The molecule has 0 aromatic rings. The lowest BCUT2D eigenvalue weighted by Gasteiger charge is -1.98. The largest absolute Gasteiger partial charge is 0.320 e. The fraction of sp³-hybridized carbons (Fsp3) is 0.889. The Hall–Kier alpha value is -0.660. The Labute approximate surface area is 74.3 Å². The van der Waals surface area contributed by atoms with Crippen LogP contribution in [0.4, 0.5) is 0 Å². The molecule has 0 saturated carbocycles. The number of aliphatic imine (C=N–C) groups is 1. The van der Waals surface area contributed by atoms with Gasteiger partial charge >= 0.3 is 0 Å². The van der Waals surface area contributed by atoms with Gasteiger partial charge in [0.2, 0.25) is 6.08 Å². The van der Waals surface area contributed by atoms with E-state index >= 15 is 0 Å². The number of nitrogens with zero attached hydrogens (tertiary/aromatic N) is 1. The van der Waals surface area contributed by atoms with Crippen LogP contribution >= 0.6 is 0 Å². The number of nitrogens with one attached hydrogen (secondary N) is 1. The highest BCUT2D eigenvalue weighted by Crippen LogP contribution is 2.01. The second-order valence-corrected chi connectivity index (χ2v) is 2.84. The zero-order chi connectivity index (χ0) is 9.07. The molecule has 3 heteroatoms. The van der Waals surface area contributed by atoms with Gasteiger partial charge in [-0.05, 0) is 26.4 Å². The van der Waals surface area contributed by atoms with Crippen LogP contribution in [0.1, 0.15) is 32.1 Å². The summed E-state index contributed by atoms with van der Waals surface area (Å²) in [5.41, 5.74) is 0. The van der Waals surface area contributed by atoms with E-state index in [0.717, 1.165) is 13.0 Å². The fourth-order valence-corrected chi connectivity index (χ4v) is 1.07. The molecule has 0 bridgehead atoms. The van der Waals surface area contributed by atoms with Crippen LogP contribution in [0, 0.1) is 0 Å². The molecule has 0 aliphatic carbocycles. The van der Waals surface area contributed by atoms with Gasteiger partial charge in [0.05, 0.1) is 6.54 Å². The van der Waals surface area contributed by atoms with Gasteiger partial charge in [-0.15, -0.1) is 0 Å². The van der Waals surface area contributed by atoms with Crippen LogP contribution < -0.4 is 5.32 Å². The summed E-state index contributed by atoms with van der Waals surface area (Å²) in [6, 6.07) is 0. The van der Waals surface area contributed by atoms with Crippen molar-refractivity contribution in [3.8, 4) is 0 Å². The average Bonchev–Trinajstić information content (AvgIpc) is 2.10. The molecule has 0 atom stereocenters. The summed E-state index contributed by atoms with van der Waals surface area (Å²) in [7, 11) is 1.97. The predicted molar refractivity (Wildman–Crippen MR) is 50.0 cm³/mol. The zero-order valence-corrected chi connectivity index (χ0v) is 7.81. The first kappa shape index (κ1) is 11.3. The first-order valence-corrected chi connectivity index (χ1v) is 4.60. The smallest absolute Gasteiger partial charge is 0.234 e. The van der Waals surface area contributed by atoms with Crippen molar-refractivity contribution in [1.29, 1.82) is 0 Å². The van der Waals surface area contributed by atoms with Crippen LogP contribution in [-0.2, 0) is 4.79 Å². The summed E-state index contributed by atoms with van der Waals surface area (Å²) in [4.78, 5) is 13.2. The highest BCUT2D eigenvalue weighted by molar-refractivity contribution is 5.32. The molecule has 0 heterocycles. The molecule has 0 amide bonds. The molecule has 0 aliphatic rings. The van der Waals surface area contributed by atoms with E-state index in [9.17, 15) is 4.79 Å². The van der Waals surface area contributed by atoms with E-state index in [0.29, 0.717) is 6.54 Å². The summed E-state index contributed by atoms with van der Waals surface area (Å²) in [5.74, 6) is 0. The van der Waals surface area contributed by atoms with E-state index in [2.05, 4.69) is 10.3 Å². The SMILES string of the molecule is CNCCCCCCCN=C=O. The number of hydrogen-bond donors (Lipinski definition) is 1. The second kappa shape index (κ2) is 10.3. The van der Waals surface area contributed by atoms with Gasteiger partial charge in [-0.1, -0.05) is 19.3 Å². The molecule has 0 radical (unpaired) electrons. The predicted octanol–water partition coefficient (Wildman–Crippen LogP) is 1.49. The molecule has 0 saturated heterocycles. The molecule has 0 rings (SSSR count). The lowest BCUT2D eigenvalue weighted by atomic mass is 10.1. The van der Waals surface area contributed by atoms with Gasteiger partial charge in [-0.3, -0.25) is 0 Å². The van der Waals surface area contributed by atoms with Crippen molar-refractivity contribution in [3.63, 3.8) is 0 Å². The second-order valence-electron chi connectivity index (χ2n) is 2.84. The Morgan fingerprint density at radius 3 is 2.50 bits per heavy atom. The molecular formula is C9H18N2O. The monoisotopic (exact) mass is 170 g/mol. The van der Waals surface area contributed by atoms with E-state index in [4.69, 9.17) is 0 Å². The molecular weight excluding hydrogens is 152 g/mol. The molecule has 0 aliphatic heterocycles. The van der Waals surface area contributed by atoms with E-state index < -0.39 is 0 Å². The first-order valence-electron chi connectivity index (χ1n) is 4.60. The van der Waals surface area contributed by atoms with Crippen molar-refractivity contribution in [2.45, 2.75) is 32.1 Å². The standard InChI is InChI=1S/C9H18N2O/c1-10-7-5-3-2-4-6-8-11-9-12/h10H,2-8H2,1H3. The van der Waals surface area contributed by atoms with E-state index in [1.807, 2.05) is 7.05 Å². The van der Waals surface area contributed by atoms with Gasteiger partial charge < -0.3 is 5.32 Å². The van der Waals surface area contributed by atoms with E-state index in [1.54, 1.807) is 6.08 Å². The Morgan fingerprint density at radius 1 is 1.17 bits per heavy atom. The number of unbranched alkanes of at least 4 members (excludes halogenated alkanes) is 4. The van der Waals surface area contributed by atoms with Crippen molar-refractivity contribution >= 4 is 6.08 Å². The van der Waals surface area contributed by atoms with Gasteiger partial charge in [-0.2, -0.15) is 0 Å². The van der Waals surface area contributed by atoms with Crippen molar-refractivity contribution in [2.75, 3.05) is 20.1 Å². The van der Waals surface area contributed by atoms with Crippen LogP contribution in [-0.4, -0.2) is 26.2 Å². The normalized spacial score (nSPS) is 9.42. The maximum atomic E-state index is 9.68. The van der Waals surface area contributed by atoms with Crippen LogP contribution in [0.5, 0.6) is 0 Å². The van der Waals surface area contributed by atoms with E-state index in [1.165, 1.54) is 25.7 Å². The molecule has 0 aromatic carbocycles. The molecule has 0 fully saturated rings. The summed E-state index contributed by atoms with van der Waals surface area (Å²) < 4.78 is 0. The minimum atomic E-state index is 0.648. The van der Waals surface area contributed by atoms with Crippen LogP contribution in [0.2, 0.25) is 0 Å². The maximum absolute atomic E-state index is 9.68. The quantitative estimate of drug-likeness (QED) is 0.340. The van der Waals surface area contributed by atoms with Crippen LogP contribution in [0.25, 0.3) is 0 Å². The van der Waals surface area contributed by atoms with Crippen LogP contribution in [0.3, 0.4) is 0 Å². The van der Waals surface area contributed by atoms with Gasteiger partial charge in [0.25, 0.3) is 0 Å². The summed E-state index contributed by atoms with van der Waals surface area (Å²) in [6.07, 6.45) is 7.50. The minimum absolute atomic E-state index is 0.648. The summed E-state index contributed by atoms with van der Waals surface area (Å²) in [5, 5.41) is 3.11. The molecule has 12 heavy (non-hydrogen) atoms. The number of rotatable bonds is 8. The van der Waals surface area contributed by atoms with Crippen molar-refractivity contribution in [3.05, 3.63) is 0 Å². The molecule has 0 spiro atoms. The fourth-order valence-electron chi connectivity index (χ4n) is 1.07. The number of isocyanates is 1. The Morgan fingerprint density at radius 2 is 1.83 bits per heavy atom. The highest BCUT2D eigenvalue weighted by atomic mass is 16.1. The molecule has 0 aromatic heterocycles. The van der Waals surface area contributed by atoms with Crippen molar-refractivity contribution in [1.82, 2.24) is 5.32 Å². The molecule has 3 nitrogen and oxygen atoms in total. The zero-order valence-electron chi connectivity index (χ0n) is 7.81. The summed E-state index contributed by atoms with van der Waals surface area (Å²) >= 11 is 0. The van der Waals surface area contributed by atoms with Gasteiger partial charge in [0.15, 0.2) is 0 Å². The van der Waals surface area contributed by atoms with Crippen molar-refractivity contribution < 1.29 is 4.79 Å². The van der Waals surface area contributed by atoms with Gasteiger partial charge in [0, 0.05) is 0 Å². The first-order chi connectivity index (χ1) is 5.91. The third kappa shape index (κ3) is 9.34. The Balaban J connectivity index is 2.86. The molecule has 70 valence electrons. The third-order valence-corrected chi connectivity index (χ3v) is 1.76. The molecule has 1 N–H and O–H groups in total. The van der Waals surface area contributed by atoms with Crippen molar-refractivity contribution in [2.24, 2.45) is 4.99 Å². The van der Waals surface area contributed by atoms with Gasteiger partial charge in [-0.25, -0.2) is 9.79 Å². The Kier molecular flexibility index (Phi) is 9.77. The lowest BCUT2D eigenvalue weighted by Crippen LogP contribution is -2.06. The Bertz CT molecular complexity index is 130. The maximum Gasteiger partial charge on any atom is 0.234 e.